The van der Waals surface area contributed by atoms with E-state index in [2.05, 4.69) is 24.3 Å². The second kappa shape index (κ2) is 5.15. The molecule has 2 rings (SSSR count). The molecule has 0 bridgehead atoms. The lowest BCUT2D eigenvalue weighted by molar-refractivity contribution is -0.130. The number of likely N-dealkylation sites (tertiary alicyclic amines) is 1. The lowest BCUT2D eigenvalue weighted by Gasteiger charge is -2.27. The van der Waals surface area contributed by atoms with Crippen LogP contribution in [0.4, 0.5) is 0 Å². The van der Waals surface area contributed by atoms with Gasteiger partial charge in [-0.1, -0.05) is 36.8 Å². The van der Waals surface area contributed by atoms with E-state index in [4.69, 9.17) is 0 Å². The molecule has 1 saturated heterocycles. The van der Waals surface area contributed by atoms with Crippen molar-refractivity contribution in [2.75, 3.05) is 13.6 Å². The molecule has 1 aliphatic rings. The van der Waals surface area contributed by atoms with Gasteiger partial charge in [-0.25, -0.2) is 0 Å². The van der Waals surface area contributed by atoms with Gasteiger partial charge in [0.2, 0.25) is 5.91 Å². The van der Waals surface area contributed by atoms with Crippen LogP contribution in [0.5, 0.6) is 0 Å². The predicted octanol–water partition coefficient (Wildman–Crippen LogP) is 2.80. The first-order valence-corrected chi connectivity index (χ1v) is 6.06. The summed E-state index contributed by atoms with van der Waals surface area (Å²) in [6.45, 7) is 0.864. The van der Waals surface area contributed by atoms with Gasteiger partial charge in [-0.15, -0.1) is 0 Å². The molecular weight excluding hydrogens is 198 g/mol. The molecule has 1 unspecified atom stereocenters. The number of amides is 1. The number of hydrogen-bond acceptors (Lipinski definition) is 1. The fraction of sp³-hybridized carbons (Fsp3) is 0.500. The van der Waals surface area contributed by atoms with Gasteiger partial charge < -0.3 is 4.90 Å². The molecule has 1 aliphatic heterocycles. The van der Waals surface area contributed by atoms with Crippen LogP contribution in [0.15, 0.2) is 30.3 Å². The van der Waals surface area contributed by atoms with Crippen molar-refractivity contribution in [1.82, 2.24) is 4.90 Å². The van der Waals surface area contributed by atoms with E-state index >= 15 is 0 Å². The Morgan fingerprint density at radius 1 is 1.19 bits per heavy atom. The molecule has 0 radical (unpaired) electrons. The number of carbonyl (C=O) groups excluding carboxylic acids is 1. The average Bonchev–Trinajstić information content (AvgIpc) is 2.31. The molecule has 1 aromatic rings. The zero-order chi connectivity index (χ0) is 11.4. The molecule has 16 heavy (non-hydrogen) atoms. The minimum absolute atomic E-state index is 0.292. The topological polar surface area (TPSA) is 20.3 Å². The SMILES string of the molecule is CN1CC(c2ccccc2)CCCCC1=O. The maximum Gasteiger partial charge on any atom is 0.222 e. The van der Waals surface area contributed by atoms with E-state index < -0.39 is 0 Å². The highest BCUT2D eigenvalue weighted by Crippen LogP contribution is 2.25. The van der Waals surface area contributed by atoms with E-state index in [1.165, 1.54) is 18.4 Å². The fourth-order valence-corrected chi connectivity index (χ4v) is 2.38. The van der Waals surface area contributed by atoms with Crippen molar-refractivity contribution in [2.24, 2.45) is 0 Å². The minimum atomic E-state index is 0.292. The Bertz CT molecular complexity index is 347. The standard InChI is InChI=1S/C14H19NO/c1-15-11-13(9-5-6-10-14(15)16)12-7-3-2-4-8-12/h2-4,7-8,13H,5-6,9-11H2,1H3. The van der Waals surface area contributed by atoms with Gasteiger partial charge in [0.25, 0.3) is 0 Å². The van der Waals surface area contributed by atoms with Crippen LogP contribution in [0.3, 0.4) is 0 Å². The highest BCUT2D eigenvalue weighted by molar-refractivity contribution is 5.76. The molecule has 0 N–H and O–H groups in total. The molecule has 2 nitrogen and oxygen atoms in total. The second-order valence-electron chi connectivity index (χ2n) is 4.63. The van der Waals surface area contributed by atoms with Crippen LogP contribution in [-0.2, 0) is 4.79 Å². The number of nitrogens with zero attached hydrogens (tertiary/aromatic N) is 1. The van der Waals surface area contributed by atoms with Crippen molar-refractivity contribution in [2.45, 2.75) is 31.6 Å². The Morgan fingerprint density at radius 2 is 1.94 bits per heavy atom. The Morgan fingerprint density at radius 3 is 2.69 bits per heavy atom. The third-order valence-electron chi connectivity index (χ3n) is 3.38. The molecule has 0 spiro atoms. The van der Waals surface area contributed by atoms with Crippen molar-refractivity contribution in [1.29, 1.82) is 0 Å². The lowest BCUT2D eigenvalue weighted by atomic mass is 9.91. The van der Waals surface area contributed by atoms with Gasteiger partial charge in [-0.2, -0.15) is 0 Å². The van der Waals surface area contributed by atoms with Gasteiger partial charge in [0.05, 0.1) is 0 Å². The maximum absolute atomic E-state index is 11.7. The first kappa shape index (κ1) is 11.2. The molecule has 1 heterocycles. The Balaban J connectivity index is 2.11. The Labute approximate surface area is 97.3 Å². The summed E-state index contributed by atoms with van der Waals surface area (Å²) in [6, 6.07) is 10.5. The quantitative estimate of drug-likeness (QED) is 0.708. The van der Waals surface area contributed by atoms with Crippen LogP contribution in [0.25, 0.3) is 0 Å². The Hall–Kier alpha value is -1.31. The van der Waals surface area contributed by atoms with Crippen molar-refractivity contribution in [3.05, 3.63) is 35.9 Å². The highest BCUT2D eigenvalue weighted by Gasteiger charge is 2.19. The molecule has 2 heteroatoms. The summed E-state index contributed by atoms with van der Waals surface area (Å²) in [5, 5.41) is 0. The van der Waals surface area contributed by atoms with E-state index in [0.717, 1.165) is 19.4 Å². The molecular formula is C14H19NO. The smallest absolute Gasteiger partial charge is 0.222 e. The summed E-state index contributed by atoms with van der Waals surface area (Å²) in [6.07, 6.45) is 4.12. The van der Waals surface area contributed by atoms with Crippen LogP contribution < -0.4 is 0 Å². The predicted molar refractivity (Wildman–Crippen MR) is 65.3 cm³/mol. The van der Waals surface area contributed by atoms with Gasteiger partial charge in [0.1, 0.15) is 0 Å². The average molecular weight is 217 g/mol. The van der Waals surface area contributed by atoms with Crippen LogP contribution >= 0.6 is 0 Å². The summed E-state index contributed by atoms with van der Waals surface area (Å²) in [4.78, 5) is 13.6. The number of likely N-dealkylation sites (N-methyl/N-ethyl adjacent to an activating group) is 1. The number of carbonyl (C=O) groups is 1. The lowest BCUT2D eigenvalue weighted by Crippen LogP contribution is -2.32. The summed E-state index contributed by atoms with van der Waals surface area (Å²) < 4.78 is 0. The van der Waals surface area contributed by atoms with Gasteiger partial charge >= 0.3 is 0 Å². The molecule has 1 aromatic carbocycles. The van der Waals surface area contributed by atoms with Crippen molar-refractivity contribution >= 4 is 5.91 Å². The van der Waals surface area contributed by atoms with Gasteiger partial charge in [-0.05, 0) is 18.4 Å². The van der Waals surface area contributed by atoms with Crippen LogP contribution in [0.2, 0.25) is 0 Å². The van der Waals surface area contributed by atoms with E-state index in [0.29, 0.717) is 11.8 Å². The summed E-state index contributed by atoms with van der Waals surface area (Å²) >= 11 is 0. The molecule has 1 fully saturated rings. The molecule has 1 atom stereocenters. The monoisotopic (exact) mass is 217 g/mol. The summed E-state index contributed by atoms with van der Waals surface area (Å²) in [7, 11) is 1.92. The van der Waals surface area contributed by atoms with E-state index in [-0.39, 0.29) is 0 Å². The van der Waals surface area contributed by atoms with E-state index in [1.807, 2.05) is 18.0 Å². The van der Waals surface area contributed by atoms with Gasteiger partial charge in [0.15, 0.2) is 0 Å². The fourth-order valence-electron chi connectivity index (χ4n) is 2.38. The largest absolute Gasteiger partial charge is 0.345 e. The zero-order valence-corrected chi connectivity index (χ0v) is 9.86. The molecule has 0 aromatic heterocycles. The third kappa shape index (κ3) is 2.63. The summed E-state index contributed by atoms with van der Waals surface area (Å²) in [5.41, 5.74) is 1.36. The minimum Gasteiger partial charge on any atom is -0.345 e. The van der Waals surface area contributed by atoms with E-state index in [9.17, 15) is 4.79 Å². The van der Waals surface area contributed by atoms with Gasteiger partial charge in [-0.3, -0.25) is 4.79 Å². The highest BCUT2D eigenvalue weighted by atomic mass is 16.2. The third-order valence-corrected chi connectivity index (χ3v) is 3.38. The van der Waals surface area contributed by atoms with Gasteiger partial charge in [0, 0.05) is 25.9 Å². The summed E-state index contributed by atoms with van der Waals surface area (Å²) in [5.74, 6) is 0.802. The van der Waals surface area contributed by atoms with Crippen molar-refractivity contribution < 1.29 is 4.79 Å². The van der Waals surface area contributed by atoms with E-state index in [1.54, 1.807) is 0 Å². The second-order valence-corrected chi connectivity index (χ2v) is 4.63. The number of hydrogen-bond donors (Lipinski definition) is 0. The first-order valence-electron chi connectivity index (χ1n) is 6.06. The van der Waals surface area contributed by atoms with Crippen LogP contribution in [-0.4, -0.2) is 24.4 Å². The number of rotatable bonds is 1. The molecule has 86 valence electrons. The van der Waals surface area contributed by atoms with Crippen molar-refractivity contribution in [3.8, 4) is 0 Å². The first-order chi connectivity index (χ1) is 7.77. The maximum atomic E-state index is 11.7. The number of benzene rings is 1. The zero-order valence-electron chi connectivity index (χ0n) is 9.86. The van der Waals surface area contributed by atoms with Crippen LogP contribution in [0, 0.1) is 0 Å². The van der Waals surface area contributed by atoms with Crippen LogP contribution in [0.1, 0.15) is 37.2 Å². The van der Waals surface area contributed by atoms with Crippen molar-refractivity contribution in [3.63, 3.8) is 0 Å². The molecule has 0 saturated carbocycles. The Kier molecular flexibility index (Phi) is 3.60. The normalized spacial score (nSPS) is 22.7. The molecule has 1 amide bonds. The molecule has 0 aliphatic carbocycles.